The predicted octanol–water partition coefficient (Wildman–Crippen LogP) is 3.02. The van der Waals surface area contributed by atoms with Crippen LogP contribution in [-0.2, 0) is 4.74 Å². The van der Waals surface area contributed by atoms with Gasteiger partial charge in [0.2, 0.25) is 0 Å². The standard InChI is InChI=1S/C17H28N2O/c1-5-17(14(2)3)19(15(4)16-6-7-16)9-8-18-10-12-20-13-11-18/h5,16H,1,4,6-13H2,2-3H3. The van der Waals surface area contributed by atoms with Gasteiger partial charge in [-0.05, 0) is 38.7 Å². The largest absolute Gasteiger partial charge is 0.379 e. The summed E-state index contributed by atoms with van der Waals surface area (Å²) in [5.74, 6) is 0.689. The summed E-state index contributed by atoms with van der Waals surface area (Å²) in [4.78, 5) is 4.86. The molecule has 1 aliphatic carbocycles. The SMILES string of the molecule is C=CC(=C(C)C)N(CCN1CCOCC1)C(=C)C1CC1. The quantitative estimate of drug-likeness (QED) is 0.665. The minimum Gasteiger partial charge on any atom is -0.379 e. The maximum Gasteiger partial charge on any atom is 0.0594 e. The molecule has 3 nitrogen and oxygen atoms in total. The average molecular weight is 276 g/mol. The number of hydrogen-bond acceptors (Lipinski definition) is 3. The van der Waals surface area contributed by atoms with Gasteiger partial charge in [0, 0.05) is 37.6 Å². The van der Waals surface area contributed by atoms with E-state index in [1.807, 2.05) is 6.08 Å². The molecule has 0 amide bonds. The van der Waals surface area contributed by atoms with Crippen LogP contribution in [0.25, 0.3) is 0 Å². The summed E-state index contributed by atoms with van der Waals surface area (Å²) in [6.45, 7) is 18.5. The Morgan fingerprint density at radius 1 is 1.30 bits per heavy atom. The van der Waals surface area contributed by atoms with Crippen molar-refractivity contribution in [1.82, 2.24) is 9.80 Å². The Hall–Kier alpha value is -1.06. The molecule has 0 radical (unpaired) electrons. The normalized spacial score (nSPS) is 19.5. The van der Waals surface area contributed by atoms with Crippen molar-refractivity contribution in [2.24, 2.45) is 5.92 Å². The van der Waals surface area contributed by atoms with E-state index in [2.05, 4.69) is 36.8 Å². The molecular formula is C17H28N2O. The second-order valence-corrected chi connectivity index (χ2v) is 5.96. The van der Waals surface area contributed by atoms with E-state index in [-0.39, 0.29) is 0 Å². The van der Waals surface area contributed by atoms with Crippen LogP contribution in [0.3, 0.4) is 0 Å². The highest BCUT2D eigenvalue weighted by atomic mass is 16.5. The molecule has 0 aromatic carbocycles. The molecule has 0 aromatic rings. The molecule has 1 saturated heterocycles. The Morgan fingerprint density at radius 2 is 1.95 bits per heavy atom. The van der Waals surface area contributed by atoms with E-state index in [0.29, 0.717) is 5.92 Å². The Morgan fingerprint density at radius 3 is 2.45 bits per heavy atom. The minimum absolute atomic E-state index is 0.689. The third-order valence-corrected chi connectivity index (χ3v) is 4.14. The third kappa shape index (κ3) is 3.97. The van der Waals surface area contributed by atoms with Gasteiger partial charge in [0.15, 0.2) is 0 Å². The Balaban J connectivity index is 2.00. The van der Waals surface area contributed by atoms with Crippen molar-refractivity contribution in [2.45, 2.75) is 26.7 Å². The second kappa shape index (κ2) is 7.09. The summed E-state index contributed by atoms with van der Waals surface area (Å²) in [5.41, 5.74) is 3.81. The van der Waals surface area contributed by atoms with E-state index in [1.165, 1.54) is 29.8 Å². The smallest absolute Gasteiger partial charge is 0.0594 e. The first-order chi connectivity index (χ1) is 9.63. The van der Waals surface area contributed by atoms with Gasteiger partial charge in [-0.25, -0.2) is 0 Å². The third-order valence-electron chi connectivity index (χ3n) is 4.14. The van der Waals surface area contributed by atoms with E-state index >= 15 is 0 Å². The molecule has 0 unspecified atom stereocenters. The molecule has 2 fully saturated rings. The summed E-state index contributed by atoms with van der Waals surface area (Å²) in [6.07, 6.45) is 4.56. The van der Waals surface area contributed by atoms with Crippen molar-refractivity contribution in [3.63, 3.8) is 0 Å². The molecule has 2 rings (SSSR count). The monoisotopic (exact) mass is 276 g/mol. The molecule has 1 heterocycles. The van der Waals surface area contributed by atoms with Crippen molar-refractivity contribution in [3.05, 3.63) is 36.2 Å². The Bertz CT molecular complexity index is 386. The fraction of sp³-hybridized carbons (Fsp3) is 0.647. The molecule has 2 aliphatic rings. The van der Waals surface area contributed by atoms with Crippen LogP contribution >= 0.6 is 0 Å². The lowest BCUT2D eigenvalue weighted by Gasteiger charge is -2.33. The molecule has 1 aliphatic heterocycles. The number of hydrogen-bond donors (Lipinski definition) is 0. The van der Waals surface area contributed by atoms with Crippen molar-refractivity contribution in [3.8, 4) is 0 Å². The Kier molecular flexibility index (Phi) is 5.44. The molecule has 20 heavy (non-hydrogen) atoms. The van der Waals surface area contributed by atoms with Crippen molar-refractivity contribution in [1.29, 1.82) is 0 Å². The molecular weight excluding hydrogens is 248 g/mol. The highest BCUT2D eigenvalue weighted by Gasteiger charge is 2.29. The van der Waals surface area contributed by atoms with Crippen molar-refractivity contribution >= 4 is 0 Å². The van der Waals surface area contributed by atoms with Gasteiger partial charge < -0.3 is 9.64 Å². The van der Waals surface area contributed by atoms with E-state index in [4.69, 9.17) is 4.74 Å². The maximum atomic E-state index is 5.41. The lowest BCUT2D eigenvalue weighted by Crippen LogP contribution is -2.41. The highest BCUT2D eigenvalue weighted by molar-refractivity contribution is 5.26. The van der Waals surface area contributed by atoms with Crippen LogP contribution in [-0.4, -0.2) is 49.2 Å². The average Bonchev–Trinajstić information content (AvgIpc) is 3.28. The van der Waals surface area contributed by atoms with Gasteiger partial charge in [0.1, 0.15) is 0 Å². The van der Waals surface area contributed by atoms with Crippen LogP contribution in [0, 0.1) is 5.92 Å². The van der Waals surface area contributed by atoms with Gasteiger partial charge in [0.05, 0.1) is 13.2 Å². The first-order valence-corrected chi connectivity index (χ1v) is 7.70. The van der Waals surface area contributed by atoms with Crippen LogP contribution in [0.2, 0.25) is 0 Å². The van der Waals surface area contributed by atoms with Crippen molar-refractivity contribution in [2.75, 3.05) is 39.4 Å². The van der Waals surface area contributed by atoms with Gasteiger partial charge in [0.25, 0.3) is 0 Å². The van der Waals surface area contributed by atoms with Gasteiger partial charge >= 0.3 is 0 Å². The zero-order valence-corrected chi connectivity index (χ0v) is 13.0. The fourth-order valence-electron chi connectivity index (χ4n) is 2.71. The first-order valence-electron chi connectivity index (χ1n) is 7.70. The van der Waals surface area contributed by atoms with Crippen molar-refractivity contribution < 1.29 is 4.74 Å². The minimum atomic E-state index is 0.689. The van der Waals surface area contributed by atoms with Gasteiger partial charge in [-0.2, -0.15) is 0 Å². The number of rotatable bonds is 7. The van der Waals surface area contributed by atoms with E-state index in [1.54, 1.807) is 0 Å². The first kappa shape index (κ1) is 15.3. The summed E-state index contributed by atoms with van der Waals surface area (Å²) in [5, 5.41) is 0. The number of allylic oxidation sites excluding steroid dienone is 3. The molecule has 0 N–H and O–H groups in total. The van der Waals surface area contributed by atoms with Crippen LogP contribution < -0.4 is 0 Å². The second-order valence-electron chi connectivity index (χ2n) is 5.96. The highest BCUT2D eigenvalue weighted by Crippen LogP contribution is 2.38. The van der Waals surface area contributed by atoms with Crippen LogP contribution in [0.1, 0.15) is 26.7 Å². The van der Waals surface area contributed by atoms with Crippen LogP contribution in [0.15, 0.2) is 36.2 Å². The van der Waals surface area contributed by atoms with E-state index in [0.717, 1.165) is 39.4 Å². The zero-order valence-electron chi connectivity index (χ0n) is 13.0. The van der Waals surface area contributed by atoms with Crippen LogP contribution in [0.4, 0.5) is 0 Å². The number of nitrogens with zero attached hydrogens (tertiary/aromatic N) is 2. The molecule has 112 valence electrons. The van der Waals surface area contributed by atoms with Gasteiger partial charge in [-0.1, -0.05) is 18.7 Å². The lowest BCUT2D eigenvalue weighted by molar-refractivity contribution is 0.0358. The van der Waals surface area contributed by atoms with E-state index in [9.17, 15) is 0 Å². The number of morpholine rings is 1. The topological polar surface area (TPSA) is 15.7 Å². The summed E-state index contributed by atoms with van der Waals surface area (Å²) >= 11 is 0. The molecule has 0 bridgehead atoms. The van der Waals surface area contributed by atoms with Gasteiger partial charge in [-0.3, -0.25) is 4.90 Å². The van der Waals surface area contributed by atoms with E-state index < -0.39 is 0 Å². The molecule has 0 atom stereocenters. The summed E-state index contributed by atoms with van der Waals surface area (Å²) in [6, 6.07) is 0. The number of ether oxygens (including phenoxy) is 1. The zero-order chi connectivity index (χ0) is 14.5. The van der Waals surface area contributed by atoms with Gasteiger partial charge in [-0.15, -0.1) is 0 Å². The fourth-order valence-corrected chi connectivity index (χ4v) is 2.71. The molecule has 3 heteroatoms. The maximum absolute atomic E-state index is 5.41. The Labute approximate surface area is 123 Å². The summed E-state index contributed by atoms with van der Waals surface area (Å²) < 4.78 is 5.41. The van der Waals surface area contributed by atoms with Crippen LogP contribution in [0.5, 0.6) is 0 Å². The molecule has 1 saturated carbocycles. The molecule has 0 spiro atoms. The summed E-state index contributed by atoms with van der Waals surface area (Å²) in [7, 11) is 0. The predicted molar refractivity (Wildman–Crippen MR) is 84.4 cm³/mol. The lowest BCUT2D eigenvalue weighted by atomic mass is 10.1. The molecule has 0 aromatic heterocycles.